The van der Waals surface area contributed by atoms with Crippen LogP contribution in [0.4, 0.5) is 0 Å². The first-order valence-corrected chi connectivity index (χ1v) is 8.69. The Morgan fingerprint density at radius 2 is 1.96 bits per heavy atom. The molecule has 1 aliphatic rings. The minimum Gasteiger partial charge on any atom is -0.350 e. The second-order valence-electron chi connectivity index (χ2n) is 6.85. The van der Waals surface area contributed by atoms with Gasteiger partial charge in [-0.3, -0.25) is 14.5 Å². The maximum Gasteiger partial charge on any atom is 0.255 e. The van der Waals surface area contributed by atoms with E-state index in [0.29, 0.717) is 28.9 Å². The lowest BCUT2D eigenvalue weighted by atomic mass is 9.98. The molecule has 1 atom stereocenters. The van der Waals surface area contributed by atoms with Crippen molar-refractivity contribution in [3.05, 3.63) is 46.4 Å². The van der Waals surface area contributed by atoms with Crippen LogP contribution >= 0.6 is 0 Å². The second-order valence-corrected chi connectivity index (χ2v) is 6.85. The Hall–Kier alpha value is -2.14. The molecule has 2 N–H and O–H groups in total. The second kappa shape index (κ2) is 7.18. The van der Waals surface area contributed by atoms with E-state index in [2.05, 4.69) is 29.0 Å². The van der Waals surface area contributed by atoms with Gasteiger partial charge in [0.25, 0.3) is 11.5 Å². The number of hydrogen-bond acceptors (Lipinski definition) is 3. The van der Waals surface area contributed by atoms with Crippen LogP contribution in [0, 0.1) is 5.92 Å². The predicted molar refractivity (Wildman–Crippen MR) is 96.3 cm³/mol. The maximum absolute atomic E-state index is 12.6. The SMILES string of the molecule is CC1CCN(C(C)CNC(=O)c2c[nH]c(=O)c3ccccc23)CC1. The monoisotopic (exact) mass is 327 g/mol. The Labute approximate surface area is 142 Å². The van der Waals surface area contributed by atoms with Gasteiger partial charge in [-0.1, -0.05) is 25.1 Å². The number of hydrogen-bond donors (Lipinski definition) is 2. The molecule has 1 aliphatic heterocycles. The standard InChI is InChI=1S/C19H25N3O2/c1-13-7-9-22(10-8-13)14(2)11-20-19(24)17-12-21-18(23)16-6-4-3-5-15(16)17/h3-6,12-14H,7-11H2,1-2H3,(H,20,24)(H,21,23). The van der Waals surface area contributed by atoms with Crippen LogP contribution in [0.1, 0.15) is 37.0 Å². The number of rotatable bonds is 4. The molecule has 0 saturated carbocycles. The molecule has 2 heterocycles. The number of nitrogens with one attached hydrogen (secondary N) is 2. The zero-order valence-corrected chi connectivity index (χ0v) is 14.3. The molecule has 24 heavy (non-hydrogen) atoms. The summed E-state index contributed by atoms with van der Waals surface area (Å²) in [6, 6.07) is 7.52. The molecule has 1 amide bonds. The van der Waals surface area contributed by atoms with Gasteiger partial charge in [-0.25, -0.2) is 0 Å². The van der Waals surface area contributed by atoms with Gasteiger partial charge in [0.15, 0.2) is 0 Å². The van der Waals surface area contributed by atoms with Crippen LogP contribution in [0.2, 0.25) is 0 Å². The van der Waals surface area contributed by atoms with Gasteiger partial charge >= 0.3 is 0 Å². The molecule has 1 unspecified atom stereocenters. The first kappa shape index (κ1) is 16.7. The number of piperidine rings is 1. The average Bonchev–Trinajstić information content (AvgIpc) is 2.60. The Morgan fingerprint density at radius 3 is 2.67 bits per heavy atom. The molecule has 5 heteroatoms. The molecule has 0 aliphatic carbocycles. The molecule has 0 bridgehead atoms. The summed E-state index contributed by atoms with van der Waals surface area (Å²) in [4.78, 5) is 29.5. The van der Waals surface area contributed by atoms with Crippen molar-refractivity contribution >= 4 is 16.7 Å². The molecule has 0 spiro atoms. The van der Waals surface area contributed by atoms with E-state index >= 15 is 0 Å². The Kier molecular flexibility index (Phi) is 5.00. The number of fused-ring (bicyclic) bond motifs is 1. The lowest BCUT2D eigenvalue weighted by Crippen LogP contribution is -2.45. The summed E-state index contributed by atoms with van der Waals surface area (Å²) in [7, 11) is 0. The Bertz CT molecular complexity index is 776. The molecule has 128 valence electrons. The van der Waals surface area contributed by atoms with Crippen LogP contribution in [0.5, 0.6) is 0 Å². The van der Waals surface area contributed by atoms with E-state index in [0.717, 1.165) is 19.0 Å². The van der Waals surface area contributed by atoms with Crippen LogP contribution in [0.15, 0.2) is 35.3 Å². The van der Waals surface area contributed by atoms with Crippen molar-refractivity contribution < 1.29 is 4.79 Å². The smallest absolute Gasteiger partial charge is 0.255 e. The van der Waals surface area contributed by atoms with Gasteiger partial charge in [0, 0.05) is 29.6 Å². The largest absolute Gasteiger partial charge is 0.350 e. The van der Waals surface area contributed by atoms with E-state index in [1.807, 2.05) is 12.1 Å². The van der Waals surface area contributed by atoms with E-state index in [4.69, 9.17) is 0 Å². The third-order valence-corrected chi connectivity index (χ3v) is 5.05. The number of carbonyl (C=O) groups is 1. The number of nitrogens with zero attached hydrogens (tertiary/aromatic N) is 1. The van der Waals surface area contributed by atoms with Gasteiger partial charge in [0.05, 0.1) is 5.56 Å². The van der Waals surface area contributed by atoms with E-state index in [9.17, 15) is 9.59 Å². The summed E-state index contributed by atoms with van der Waals surface area (Å²) >= 11 is 0. The van der Waals surface area contributed by atoms with Crippen LogP contribution in [0.3, 0.4) is 0 Å². The van der Waals surface area contributed by atoms with Gasteiger partial charge in [0.1, 0.15) is 0 Å². The number of aromatic amines is 1. The van der Waals surface area contributed by atoms with Crippen LogP contribution in [-0.4, -0.2) is 41.5 Å². The van der Waals surface area contributed by atoms with Crippen LogP contribution < -0.4 is 10.9 Å². The van der Waals surface area contributed by atoms with Gasteiger partial charge < -0.3 is 10.3 Å². The number of pyridine rings is 1. The number of aromatic nitrogens is 1. The fourth-order valence-corrected chi connectivity index (χ4v) is 3.33. The predicted octanol–water partition coefficient (Wildman–Crippen LogP) is 2.38. The molecule has 5 nitrogen and oxygen atoms in total. The van der Waals surface area contributed by atoms with Gasteiger partial charge in [-0.05, 0) is 44.8 Å². The first-order valence-electron chi connectivity index (χ1n) is 8.69. The van der Waals surface area contributed by atoms with Crippen molar-refractivity contribution in [2.24, 2.45) is 5.92 Å². The lowest BCUT2D eigenvalue weighted by molar-refractivity contribution is 0.0923. The topological polar surface area (TPSA) is 65.2 Å². The summed E-state index contributed by atoms with van der Waals surface area (Å²) in [6.45, 7) is 7.26. The van der Waals surface area contributed by atoms with Crippen LogP contribution in [0.25, 0.3) is 10.8 Å². The number of H-pyrrole nitrogens is 1. The molecule has 1 aromatic heterocycles. The van der Waals surface area contributed by atoms with Crippen molar-refractivity contribution in [2.75, 3.05) is 19.6 Å². The molecular weight excluding hydrogens is 302 g/mol. The zero-order valence-electron chi connectivity index (χ0n) is 14.3. The Morgan fingerprint density at radius 1 is 1.29 bits per heavy atom. The van der Waals surface area contributed by atoms with E-state index in [-0.39, 0.29) is 11.5 Å². The highest BCUT2D eigenvalue weighted by atomic mass is 16.1. The molecule has 3 rings (SSSR count). The average molecular weight is 327 g/mol. The quantitative estimate of drug-likeness (QED) is 0.906. The third kappa shape index (κ3) is 3.51. The van der Waals surface area contributed by atoms with E-state index in [1.54, 1.807) is 12.1 Å². The highest BCUT2D eigenvalue weighted by Gasteiger charge is 2.21. The minimum atomic E-state index is -0.169. The van der Waals surface area contributed by atoms with Crippen molar-refractivity contribution in [2.45, 2.75) is 32.7 Å². The number of likely N-dealkylation sites (tertiary alicyclic amines) is 1. The number of carbonyl (C=O) groups excluding carboxylic acids is 1. The summed E-state index contributed by atoms with van der Waals surface area (Å²) in [6.07, 6.45) is 3.96. The Balaban J connectivity index is 1.67. The minimum absolute atomic E-state index is 0.139. The highest BCUT2D eigenvalue weighted by Crippen LogP contribution is 2.18. The van der Waals surface area contributed by atoms with E-state index < -0.39 is 0 Å². The molecule has 2 aromatic rings. The molecule has 0 radical (unpaired) electrons. The first-order chi connectivity index (χ1) is 11.6. The van der Waals surface area contributed by atoms with Gasteiger partial charge in [-0.2, -0.15) is 0 Å². The summed E-state index contributed by atoms with van der Waals surface area (Å²) in [5.41, 5.74) is 0.350. The summed E-state index contributed by atoms with van der Waals surface area (Å²) in [5.74, 6) is 0.662. The fraction of sp³-hybridized carbons (Fsp3) is 0.474. The highest BCUT2D eigenvalue weighted by molar-refractivity contribution is 6.06. The molecular formula is C19H25N3O2. The van der Waals surface area contributed by atoms with Crippen LogP contribution in [-0.2, 0) is 0 Å². The third-order valence-electron chi connectivity index (χ3n) is 5.05. The van der Waals surface area contributed by atoms with Crippen molar-refractivity contribution in [3.63, 3.8) is 0 Å². The lowest BCUT2D eigenvalue weighted by Gasteiger charge is -2.35. The number of benzene rings is 1. The molecule has 1 fully saturated rings. The van der Waals surface area contributed by atoms with Crippen molar-refractivity contribution in [3.8, 4) is 0 Å². The normalized spacial score (nSPS) is 17.8. The summed E-state index contributed by atoms with van der Waals surface area (Å²) in [5, 5.41) is 4.25. The fourth-order valence-electron chi connectivity index (χ4n) is 3.33. The molecule has 1 aromatic carbocycles. The van der Waals surface area contributed by atoms with Gasteiger partial charge in [-0.15, -0.1) is 0 Å². The van der Waals surface area contributed by atoms with Crippen molar-refractivity contribution in [1.82, 2.24) is 15.2 Å². The van der Waals surface area contributed by atoms with Crippen molar-refractivity contribution in [1.29, 1.82) is 0 Å². The summed E-state index contributed by atoms with van der Waals surface area (Å²) < 4.78 is 0. The van der Waals surface area contributed by atoms with Gasteiger partial charge in [0.2, 0.25) is 0 Å². The molecule has 1 saturated heterocycles. The zero-order chi connectivity index (χ0) is 17.1. The maximum atomic E-state index is 12.6. The van der Waals surface area contributed by atoms with E-state index in [1.165, 1.54) is 19.0 Å². The number of amides is 1.